The van der Waals surface area contributed by atoms with Crippen molar-refractivity contribution >= 4 is 5.97 Å². The number of carboxylic acid groups (broad SMARTS) is 1. The molecule has 27 heavy (non-hydrogen) atoms. The van der Waals surface area contributed by atoms with E-state index >= 15 is 0 Å². The zero-order valence-electron chi connectivity index (χ0n) is 16.5. The van der Waals surface area contributed by atoms with Gasteiger partial charge in [-0.3, -0.25) is 0 Å². The Morgan fingerprint density at radius 3 is 2.19 bits per heavy atom. The number of carboxylic acids is 1. The Hall–Kier alpha value is -2.20. The number of ether oxygens (including phenoxy) is 1. The van der Waals surface area contributed by atoms with Crippen molar-refractivity contribution in [3.05, 3.63) is 40.3 Å². The predicted molar refractivity (Wildman–Crippen MR) is 108 cm³/mol. The van der Waals surface area contributed by atoms with E-state index in [0.29, 0.717) is 18.8 Å². The van der Waals surface area contributed by atoms with Gasteiger partial charge < -0.3 is 9.84 Å². The number of nitrogens with zero attached hydrogens (tertiary/aromatic N) is 3. The number of rotatable bonds is 16. The van der Waals surface area contributed by atoms with Crippen LogP contribution in [-0.4, -0.2) is 23.7 Å². The lowest BCUT2D eigenvalue weighted by molar-refractivity contribution is 0.0697. The quantitative estimate of drug-likeness (QED) is 0.150. The summed E-state index contributed by atoms with van der Waals surface area (Å²) in [6.07, 6.45) is 13.0. The fourth-order valence-electron chi connectivity index (χ4n) is 3.03. The van der Waals surface area contributed by atoms with Crippen LogP contribution in [0.2, 0.25) is 0 Å². The summed E-state index contributed by atoms with van der Waals surface area (Å²) in [5.41, 5.74) is 8.98. The fraction of sp³-hybridized carbons (Fsp3) is 0.667. The maximum atomic E-state index is 10.8. The van der Waals surface area contributed by atoms with Gasteiger partial charge in [-0.1, -0.05) is 69.8 Å². The lowest BCUT2D eigenvalue weighted by Crippen LogP contribution is -2.10. The Morgan fingerprint density at radius 2 is 1.63 bits per heavy atom. The Labute approximate surface area is 162 Å². The maximum Gasteiger partial charge on any atom is 0.335 e. The average molecular weight is 376 g/mol. The van der Waals surface area contributed by atoms with Crippen molar-refractivity contribution in [3.63, 3.8) is 0 Å². The van der Waals surface area contributed by atoms with Gasteiger partial charge in [-0.25, -0.2) is 4.79 Å². The molecule has 1 aromatic carbocycles. The standard InChI is InChI=1S/C21H33N3O3/c1-2-3-4-5-6-7-8-9-10-11-19(23-24-22)16-17-27-20-14-12-18(13-15-20)21(25)26/h12-15,19H,2-11,16-17H2,1H3,(H,25,26). The average Bonchev–Trinajstić information content (AvgIpc) is 2.67. The summed E-state index contributed by atoms with van der Waals surface area (Å²) in [6, 6.07) is 6.28. The van der Waals surface area contributed by atoms with Gasteiger partial charge in [0.1, 0.15) is 5.75 Å². The first-order valence-electron chi connectivity index (χ1n) is 10.2. The van der Waals surface area contributed by atoms with Crippen LogP contribution in [-0.2, 0) is 0 Å². The Balaban J connectivity index is 2.16. The van der Waals surface area contributed by atoms with E-state index in [1.807, 2.05) is 0 Å². The zero-order valence-corrected chi connectivity index (χ0v) is 16.5. The number of azide groups is 1. The number of benzene rings is 1. The van der Waals surface area contributed by atoms with Crippen LogP contribution in [0.15, 0.2) is 29.4 Å². The van der Waals surface area contributed by atoms with E-state index in [2.05, 4.69) is 16.9 Å². The van der Waals surface area contributed by atoms with Crippen LogP contribution < -0.4 is 4.74 Å². The molecule has 0 radical (unpaired) electrons. The minimum absolute atomic E-state index is 0.0437. The van der Waals surface area contributed by atoms with Crippen molar-refractivity contribution in [1.82, 2.24) is 0 Å². The summed E-state index contributed by atoms with van der Waals surface area (Å²) in [4.78, 5) is 13.8. The van der Waals surface area contributed by atoms with E-state index < -0.39 is 5.97 Å². The SMILES string of the molecule is CCCCCCCCCCCC(CCOc1ccc(C(=O)O)cc1)N=[N+]=[N-]. The van der Waals surface area contributed by atoms with Gasteiger partial charge in [0.15, 0.2) is 0 Å². The zero-order chi connectivity index (χ0) is 19.7. The number of hydrogen-bond donors (Lipinski definition) is 1. The van der Waals surface area contributed by atoms with Gasteiger partial charge >= 0.3 is 5.97 Å². The second kappa shape index (κ2) is 14.9. The highest BCUT2D eigenvalue weighted by atomic mass is 16.5. The number of carbonyl (C=O) groups is 1. The molecule has 1 N–H and O–H groups in total. The smallest absolute Gasteiger partial charge is 0.335 e. The molecule has 6 heteroatoms. The van der Waals surface area contributed by atoms with E-state index in [0.717, 1.165) is 12.8 Å². The molecule has 0 amide bonds. The highest BCUT2D eigenvalue weighted by Gasteiger charge is 2.07. The van der Waals surface area contributed by atoms with Gasteiger partial charge in [-0.2, -0.15) is 0 Å². The molecule has 1 unspecified atom stereocenters. The van der Waals surface area contributed by atoms with Crippen molar-refractivity contribution in [2.24, 2.45) is 5.11 Å². The third-order valence-corrected chi connectivity index (χ3v) is 4.68. The minimum atomic E-state index is -0.953. The van der Waals surface area contributed by atoms with Crippen LogP contribution in [0.1, 0.15) is 87.9 Å². The molecule has 0 aromatic heterocycles. The molecule has 1 aromatic rings. The van der Waals surface area contributed by atoms with Crippen molar-refractivity contribution in [3.8, 4) is 5.75 Å². The number of aromatic carboxylic acids is 1. The third kappa shape index (κ3) is 11.2. The number of hydrogen-bond acceptors (Lipinski definition) is 3. The Morgan fingerprint density at radius 1 is 1.04 bits per heavy atom. The molecular weight excluding hydrogens is 342 g/mol. The summed E-state index contributed by atoms with van der Waals surface area (Å²) in [5.74, 6) is -0.325. The Kier molecular flexibility index (Phi) is 12.6. The van der Waals surface area contributed by atoms with E-state index in [9.17, 15) is 4.79 Å². The van der Waals surface area contributed by atoms with Gasteiger partial charge in [-0.05, 0) is 42.6 Å². The lowest BCUT2D eigenvalue weighted by atomic mass is 10.0. The number of unbranched alkanes of at least 4 members (excludes halogenated alkanes) is 8. The molecule has 1 atom stereocenters. The molecule has 0 aliphatic heterocycles. The van der Waals surface area contributed by atoms with Crippen LogP contribution in [0.4, 0.5) is 0 Å². The topological polar surface area (TPSA) is 95.3 Å². The molecular formula is C21H33N3O3. The van der Waals surface area contributed by atoms with E-state index in [-0.39, 0.29) is 11.6 Å². The summed E-state index contributed by atoms with van der Waals surface area (Å²) < 4.78 is 5.63. The van der Waals surface area contributed by atoms with Gasteiger partial charge in [0.05, 0.1) is 12.2 Å². The summed E-state index contributed by atoms with van der Waals surface area (Å²) in [6.45, 7) is 2.69. The lowest BCUT2D eigenvalue weighted by Gasteiger charge is -2.12. The van der Waals surface area contributed by atoms with Crippen molar-refractivity contribution in [2.75, 3.05) is 6.61 Å². The van der Waals surface area contributed by atoms with E-state index in [1.165, 1.54) is 63.5 Å². The van der Waals surface area contributed by atoms with Crippen LogP contribution in [0.3, 0.4) is 0 Å². The molecule has 1 rings (SSSR count). The normalized spacial score (nSPS) is 11.6. The second-order valence-electron chi connectivity index (χ2n) is 6.94. The Bertz CT molecular complexity index is 569. The van der Waals surface area contributed by atoms with Crippen LogP contribution in [0.5, 0.6) is 5.75 Å². The highest BCUT2D eigenvalue weighted by molar-refractivity contribution is 5.87. The van der Waals surface area contributed by atoms with Crippen LogP contribution in [0, 0.1) is 0 Å². The molecule has 0 aliphatic carbocycles. The molecule has 0 saturated heterocycles. The first kappa shape index (κ1) is 22.8. The molecule has 0 heterocycles. The van der Waals surface area contributed by atoms with Gasteiger partial charge in [0.25, 0.3) is 0 Å². The van der Waals surface area contributed by atoms with Gasteiger partial charge in [0, 0.05) is 11.0 Å². The summed E-state index contributed by atoms with van der Waals surface area (Å²) in [7, 11) is 0. The van der Waals surface area contributed by atoms with Gasteiger partial charge in [-0.15, -0.1) is 0 Å². The molecule has 0 fully saturated rings. The fourth-order valence-corrected chi connectivity index (χ4v) is 3.03. The maximum absolute atomic E-state index is 10.8. The highest BCUT2D eigenvalue weighted by Crippen LogP contribution is 2.16. The molecule has 0 saturated carbocycles. The molecule has 0 aliphatic rings. The van der Waals surface area contributed by atoms with Crippen LogP contribution in [0.25, 0.3) is 10.4 Å². The molecule has 0 spiro atoms. The third-order valence-electron chi connectivity index (χ3n) is 4.68. The minimum Gasteiger partial charge on any atom is -0.494 e. The second-order valence-corrected chi connectivity index (χ2v) is 6.94. The largest absolute Gasteiger partial charge is 0.494 e. The van der Waals surface area contributed by atoms with Crippen LogP contribution >= 0.6 is 0 Å². The van der Waals surface area contributed by atoms with Crippen molar-refractivity contribution in [1.29, 1.82) is 0 Å². The van der Waals surface area contributed by atoms with E-state index in [4.69, 9.17) is 15.4 Å². The summed E-state index contributed by atoms with van der Waals surface area (Å²) >= 11 is 0. The van der Waals surface area contributed by atoms with Crippen molar-refractivity contribution < 1.29 is 14.6 Å². The first-order chi connectivity index (χ1) is 13.2. The molecule has 150 valence electrons. The molecule has 6 nitrogen and oxygen atoms in total. The van der Waals surface area contributed by atoms with Crippen molar-refractivity contribution in [2.45, 2.75) is 83.6 Å². The van der Waals surface area contributed by atoms with E-state index in [1.54, 1.807) is 12.1 Å². The molecule has 0 bridgehead atoms. The first-order valence-corrected chi connectivity index (χ1v) is 10.2. The predicted octanol–water partition coefficient (Wildman–Crippen LogP) is 6.75. The van der Waals surface area contributed by atoms with Gasteiger partial charge in [0.2, 0.25) is 0 Å². The monoisotopic (exact) mass is 375 g/mol. The summed E-state index contributed by atoms with van der Waals surface area (Å²) in [5, 5.41) is 12.8.